The third-order valence-corrected chi connectivity index (χ3v) is 3.87. The Balaban J connectivity index is 1.95. The lowest BCUT2D eigenvalue weighted by atomic mass is 10.2. The summed E-state index contributed by atoms with van der Waals surface area (Å²) in [4.78, 5) is 4.67. The quantitative estimate of drug-likeness (QED) is 0.718. The van der Waals surface area contributed by atoms with Crippen LogP contribution in [0.4, 0.5) is 0 Å². The van der Waals surface area contributed by atoms with Crippen LogP contribution in [0.1, 0.15) is 37.2 Å². The molecule has 0 unspecified atom stereocenters. The van der Waals surface area contributed by atoms with Crippen LogP contribution in [-0.4, -0.2) is 35.0 Å². The van der Waals surface area contributed by atoms with E-state index in [0.717, 1.165) is 23.2 Å². The summed E-state index contributed by atoms with van der Waals surface area (Å²) in [6.07, 6.45) is 0.664. The first kappa shape index (κ1) is 15.6. The summed E-state index contributed by atoms with van der Waals surface area (Å²) in [6.45, 7) is 6.65. The maximum absolute atomic E-state index is 6.32. The van der Waals surface area contributed by atoms with Gasteiger partial charge in [-0.1, -0.05) is 37.6 Å². The van der Waals surface area contributed by atoms with Crippen molar-refractivity contribution in [2.24, 2.45) is 0 Å². The van der Waals surface area contributed by atoms with Gasteiger partial charge < -0.3 is 0 Å². The van der Waals surface area contributed by atoms with Crippen molar-refractivity contribution in [2.45, 2.75) is 39.7 Å². The Morgan fingerprint density at radius 3 is 2.65 bits per heavy atom. The fraction of sp³-hybridized carbons (Fsp3) is 0.400. The monoisotopic (exact) mass is 331 g/mol. The van der Waals surface area contributed by atoms with Gasteiger partial charge in [0, 0.05) is 12.3 Å². The molecule has 0 fully saturated rings. The second kappa shape index (κ2) is 6.45. The number of para-hydroxylation sites is 1. The zero-order valence-corrected chi connectivity index (χ0v) is 14.1. The van der Waals surface area contributed by atoms with E-state index in [-0.39, 0.29) is 5.92 Å². The fourth-order valence-electron chi connectivity index (χ4n) is 2.25. The van der Waals surface area contributed by atoms with Crippen LogP contribution in [0, 0.1) is 6.92 Å². The third kappa shape index (κ3) is 3.24. The van der Waals surface area contributed by atoms with Gasteiger partial charge in [-0.05, 0) is 29.5 Å². The molecule has 1 aromatic carbocycles. The minimum absolute atomic E-state index is 0.243. The summed E-state index contributed by atoms with van der Waals surface area (Å²) in [5, 5.41) is 16.8. The number of halogens is 1. The molecule has 0 aliphatic rings. The molecule has 8 heteroatoms. The first-order valence-corrected chi connectivity index (χ1v) is 7.87. The van der Waals surface area contributed by atoms with Crippen molar-refractivity contribution in [3.05, 3.63) is 46.8 Å². The maximum Gasteiger partial charge on any atom is 0.153 e. The van der Waals surface area contributed by atoms with E-state index in [0.29, 0.717) is 18.0 Å². The molecule has 0 saturated carbocycles. The van der Waals surface area contributed by atoms with Crippen LogP contribution >= 0.6 is 11.6 Å². The molecule has 3 aromatic rings. The molecule has 7 nitrogen and oxygen atoms in total. The summed E-state index contributed by atoms with van der Waals surface area (Å²) in [6, 6.07) is 7.62. The average molecular weight is 332 g/mol. The third-order valence-electron chi connectivity index (χ3n) is 3.55. The van der Waals surface area contributed by atoms with E-state index in [9.17, 15) is 0 Å². The number of hydrogen-bond acceptors (Lipinski definition) is 5. The highest BCUT2D eigenvalue weighted by atomic mass is 35.5. The van der Waals surface area contributed by atoms with Gasteiger partial charge in [0.1, 0.15) is 11.6 Å². The van der Waals surface area contributed by atoms with Crippen molar-refractivity contribution in [1.82, 2.24) is 35.0 Å². The molecular weight excluding hydrogens is 314 g/mol. The van der Waals surface area contributed by atoms with Gasteiger partial charge in [0.25, 0.3) is 0 Å². The van der Waals surface area contributed by atoms with Crippen LogP contribution in [-0.2, 0) is 13.0 Å². The van der Waals surface area contributed by atoms with E-state index < -0.39 is 0 Å². The van der Waals surface area contributed by atoms with Crippen molar-refractivity contribution in [3.8, 4) is 5.69 Å². The van der Waals surface area contributed by atoms with Crippen molar-refractivity contribution in [1.29, 1.82) is 0 Å². The van der Waals surface area contributed by atoms with Gasteiger partial charge in [-0.15, -0.1) is 5.10 Å². The smallest absolute Gasteiger partial charge is 0.153 e. The normalized spacial score (nSPS) is 11.3. The van der Waals surface area contributed by atoms with Gasteiger partial charge in [-0.3, -0.25) is 0 Å². The van der Waals surface area contributed by atoms with E-state index in [2.05, 4.69) is 39.5 Å². The van der Waals surface area contributed by atoms with Crippen molar-refractivity contribution in [2.75, 3.05) is 0 Å². The van der Waals surface area contributed by atoms with Gasteiger partial charge in [-0.25, -0.2) is 14.3 Å². The molecule has 0 saturated heterocycles. The number of rotatable bonds is 5. The molecule has 2 heterocycles. The first-order chi connectivity index (χ1) is 11.1. The molecule has 0 aliphatic carbocycles. The average Bonchev–Trinajstić information content (AvgIpc) is 3.12. The maximum atomic E-state index is 6.32. The molecule has 0 spiro atoms. The summed E-state index contributed by atoms with van der Waals surface area (Å²) in [5.41, 5.74) is 0.831. The summed E-state index contributed by atoms with van der Waals surface area (Å²) < 4.78 is 3.57. The van der Waals surface area contributed by atoms with E-state index in [1.807, 2.05) is 35.9 Å². The number of hydrogen-bond donors (Lipinski definition) is 0. The summed E-state index contributed by atoms with van der Waals surface area (Å²) in [5.74, 6) is 2.66. The number of nitrogens with zero attached hydrogens (tertiary/aromatic N) is 7. The Labute approximate surface area is 139 Å². The van der Waals surface area contributed by atoms with Crippen LogP contribution < -0.4 is 0 Å². The zero-order chi connectivity index (χ0) is 16.4. The topological polar surface area (TPSA) is 74.3 Å². The predicted molar refractivity (Wildman–Crippen MR) is 86.7 cm³/mol. The number of aryl methyl sites for hydroxylation is 3. The fourth-order valence-corrected chi connectivity index (χ4v) is 2.46. The highest BCUT2D eigenvalue weighted by Crippen LogP contribution is 2.22. The standard InChI is InChI=1S/C15H18ClN7/c1-10(2)15-17-14(8-9-22-11(3)18-20-21-22)23(19-15)13-7-5-4-6-12(13)16/h4-7,10H,8-9H2,1-3H3. The molecule has 23 heavy (non-hydrogen) atoms. The predicted octanol–water partition coefficient (Wildman–Crippen LogP) is 2.58. The van der Waals surface area contributed by atoms with Gasteiger partial charge in [0.15, 0.2) is 5.82 Å². The van der Waals surface area contributed by atoms with Crippen LogP contribution in [0.5, 0.6) is 0 Å². The van der Waals surface area contributed by atoms with Crippen molar-refractivity contribution in [3.63, 3.8) is 0 Å². The van der Waals surface area contributed by atoms with Gasteiger partial charge in [-0.2, -0.15) is 5.10 Å². The number of benzene rings is 1. The van der Waals surface area contributed by atoms with Gasteiger partial charge in [0.2, 0.25) is 0 Å². The Bertz CT molecular complexity index is 806. The first-order valence-electron chi connectivity index (χ1n) is 7.49. The minimum atomic E-state index is 0.243. The van der Waals surface area contributed by atoms with Crippen LogP contribution in [0.15, 0.2) is 24.3 Å². The lowest BCUT2D eigenvalue weighted by Crippen LogP contribution is -2.10. The molecular formula is C15H18ClN7. The van der Waals surface area contributed by atoms with Crippen LogP contribution in [0.2, 0.25) is 5.02 Å². The van der Waals surface area contributed by atoms with E-state index in [4.69, 9.17) is 11.6 Å². The molecule has 0 amide bonds. The molecule has 3 rings (SSSR count). The molecule has 0 N–H and O–H groups in total. The SMILES string of the molecule is Cc1nnnn1CCc1nc(C(C)C)nn1-c1ccccc1Cl. The second-order valence-corrected chi connectivity index (χ2v) is 6.01. The molecule has 0 atom stereocenters. The molecule has 0 bridgehead atoms. The highest BCUT2D eigenvalue weighted by Gasteiger charge is 2.16. The van der Waals surface area contributed by atoms with Crippen molar-refractivity contribution < 1.29 is 0 Å². The largest absolute Gasteiger partial charge is 0.229 e. The number of tetrazole rings is 1. The Kier molecular flexibility index (Phi) is 4.38. The molecule has 120 valence electrons. The molecule has 2 aromatic heterocycles. The molecule has 0 radical (unpaired) electrons. The Morgan fingerprint density at radius 2 is 2.00 bits per heavy atom. The second-order valence-electron chi connectivity index (χ2n) is 5.60. The molecule has 0 aliphatic heterocycles. The Morgan fingerprint density at radius 1 is 1.22 bits per heavy atom. The lowest BCUT2D eigenvalue weighted by molar-refractivity contribution is 0.558. The number of aromatic nitrogens is 7. The van der Waals surface area contributed by atoms with Crippen LogP contribution in [0.3, 0.4) is 0 Å². The summed E-state index contributed by atoms with van der Waals surface area (Å²) >= 11 is 6.32. The Hall–Kier alpha value is -2.28. The van der Waals surface area contributed by atoms with Crippen molar-refractivity contribution >= 4 is 11.6 Å². The zero-order valence-electron chi connectivity index (χ0n) is 13.3. The van der Waals surface area contributed by atoms with Gasteiger partial charge >= 0.3 is 0 Å². The van der Waals surface area contributed by atoms with E-state index in [1.54, 1.807) is 4.68 Å². The van der Waals surface area contributed by atoms with Crippen LogP contribution in [0.25, 0.3) is 5.69 Å². The highest BCUT2D eigenvalue weighted by molar-refractivity contribution is 6.32. The minimum Gasteiger partial charge on any atom is -0.229 e. The van der Waals surface area contributed by atoms with Gasteiger partial charge in [0.05, 0.1) is 17.3 Å². The van der Waals surface area contributed by atoms with E-state index in [1.165, 1.54) is 0 Å². The van der Waals surface area contributed by atoms with E-state index >= 15 is 0 Å². The lowest BCUT2D eigenvalue weighted by Gasteiger charge is -2.07. The summed E-state index contributed by atoms with van der Waals surface area (Å²) in [7, 11) is 0.